The van der Waals surface area contributed by atoms with Crippen molar-refractivity contribution in [2.24, 2.45) is 0 Å². The van der Waals surface area contributed by atoms with Gasteiger partial charge >= 0.3 is 0 Å². The Labute approximate surface area is 172 Å². The van der Waals surface area contributed by atoms with Crippen molar-refractivity contribution in [3.8, 4) is 11.3 Å². The zero-order chi connectivity index (χ0) is 21.0. The first-order valence-electron chi connectivity index (χ1n) is 8.97. The van der Waals surface area contributed by atoms with Crippen molar-refractivity contribution in [3.05, 3.63) is 90.5 Å². The van der Waals surface area contributed by atoms with Gasteiger partial charge in [0.15, 0.2) is 11.5 Å². The van der Waals surface area contributed by atoms with Gasteiger partial charge in [-0.05, 0) is 30.3 Å². The molecule has 2 heterocycles. The Balaban J connectivity index is 1.46. The minimum Gasteiger partial charge on any atom is -0.468 e. The smallest absolute Gasteiger partial charge is 0.277 e. The van der Waals surface area contributed by atoms with E-state index >= 15 is 0 Å². The Kier molecular flexibility index (Phi) is 5.46. The second-order valence-corrected chi connectivity index (χ2v) is 8.10. The van der Waals surface area contributed by atoms with E-state index in [-0.39, 0.29) is 17.1 Å². The zero-order valence-electron chi connectivity index (χ0n) is 15.6. The fourth-order valence-corrected chi connectivity index (χ4v) is 3.76. The van der Waals surface area contributed by atoms with E-state index in [9.17, 15) is 13.2 Å². The number of furan rings is 1. The van der Waals surface area contributed by atoms with Crippen molar-refractivity contribution < 1.29 is 22.2 Å². The van der Waals surface area contributed by atoms with E-state index in [0.29, 0.717) is 17.2 Å². The lowest BCUT2D eigenvalue weighted by molar-refractivity contribution is 0.101. The molecule has 4 aromatic rings. The summed E-state index contributed by atoms with van der Waals surface area (Å²) in [6, 6.07) is 20.0. The van der Waals surface area contributed by atoms with Gasteiger partial charge in [-0.25, -0.2) is 13.1 Å². The molecular weight excluding hydrogens is 406 g/mol. The van der Waals surface area contributed by atoms with Crippen molar-refractivity contribution in [3.63, 3.8) is 0 Å². The third-order valence-corrected chi connectivity index (χ3v) is 5.62. The third-order valence-electron chi connectivity index (χ3n) is 4.22. The molecule has 0 aliphatic rings. The highest BCUT2D eigenvalue weighted by atomic mass is 32.2. The molecule has 0 radical (unpaired) electrons. The lowest BCUT2D eigenvalue weighted by atomic mass is 10.1. The molecule has 0 spiro atoms. The molecule has 0 atom stereocenters. The molecule has 2 N–H and O–H groups in total. The van der Waals surface area contributed by atoms with Crippen LogP contribution in [0, 0.1) is 0 Å². The van der Waals surface area contributed by atoms with Gasteiger partial charge in [-0.15, -0.1) is 0 Å². The van der Waals surface area contributed by atoms with Crippen LogP contribution < -0.4 is 10.0 Å². The number of rotatable bonds is 7. The molecule has 0 saturated carbocycles. The van der Waals surface area contributed by atoms with Crippen LogP contribution in [0.5, 0.6) is 0 Å². The van der Waals surface area contributed by atoms with Crippen molar-refractivity contribution in [1.29, 1.82) is 0 Å². The van der Waals surface area contributed by atoms with Crippen LogP contribution in [0.3, 0.4) is 0 Å². The van der Waals surface area contributed by atoms with Gasteiger partial charge < -0.3 is 14.3 Å². The summed E-state index contributed by atoms with van der Waals surface area (Å²) in [5, 5.41) is 6.42. The average molecular weight is 423 g/mol. The highest BCUT2D eigenvalue weighted by Gasteiger charge is 2.17. The molecular formula is C21H17N3O5S. The molecule has 30 heavy (non-hydrogen) atoms. The molecule has 0 fully saturated rings. The number of hydrogen-bond donors (Lipinski definition) is 2. The normalized spacial score (nSPS) is 11.3. The van der Waals surface area contributed by atoms with Crippen LogP contribution in [-0.4, -0.2) is 19.5 Å². The van der Waals surface area contributed by atoms with Crippen LogP contribution in [0.4, 0.5) is 5.69 Å². The maximum absolute atomic E-state index is 12.5. The molecule has 152 valence electrons. The Morgan fingerprint density at radius 2 is 1.80 bits per heavy atom. The number of carbonyl (C=O) groups excluding carboxylic acids is 1. The van der Waals surface area contributed by atoms with Crippen LogP contribution in [0.15, 0.2) is 92.9 Å². The fourth-order valence-electron chi connectivity index (χ4n) is 2.72. The number of nitrogens with zero attached hydrogens (tertiary/aromatic N) is 1. The standard InChI is InChI=1S/C21H17N3O5S/c25-21(19-13-20(29-24-19)15-6-2-1-3-7-15)23-16-8-4-10-18(12-16)30(26,27)22-14-17-9-5-11-28-17/h1-13,22H,14H2,(H,23,25). The largest absolute Gasteiger partial charge is 0.468 e. The minimum atomic E-state index is -3.79. The van der Waals surface area contributed by atoms with E-state index in [1.807, 2.05) is 30.3 Å². The summed E-state index contributed by atoms with van der Waals surface area (Å²) in [6.45, 7) is 0.0210. The van der Waals surface area contributed by atoms with Gasteiger partial charge in [0, 0.05) is 17.3 Å². The van der Waals surface area contributed by atoms with Crippen LogP contribution in [0.1, 0.15) is 16.2 Å². The van der Waals surface area contributed by atoms with Crippen LogP contribution in [0.25, 0.3) is 11.3 Å². The Morgan fingerprint density at radius 1 is 0.967 bits per heavy atom. The summed E-state index contributed by atoms with van der Waals surface area (Å²) in [7, 11) is -3.79. The van der Waals surface area contributed by atoms with E-state index in [0.717, 1.165) is 5.56 Å². The second kappa shape index (κ2) is 8.36. The Bertz CT molecular complexity index is 1250. The monoisotopic (exact) mass is 423 g/mol. The van der Waals surface area contributed by atoms with Crippen molar-refractivity contribution >= 4 is 21.6 Å². The van der Waals surface area contributed by atoms with E-state index in [4.69, 9.17) is 8.94 Å². The van der Waals surface area contributed by atoms with Crippen LogP contribution >= 0.6 is 0 Å². The third kappa shape index (κ3) is 4.48. The van der Waals surface area contributed by atoms with Gasteiger partial charge in [-0.1, -0.05) is 41.6 Å². The maximum Gasteiger partial charge on any atom is 0.277 e. The summed E-state index contributed by atoms with van der Waals surface area (Å²) in [5.74, 6) is 0.432. The van der Waals surface area contributed by atoms with Crippen molar-refractivity contribution in [2.45, 2.75) is 11.4 Å². The second-order valence-electron chi connectivity index (χ2n) is 6.33. The number of anilines is 1. The molecule has 0 unspecified atom stereocenters. The number of carbonyl (C=O) groups is 1. The summed E-state index contributed by atoms with van der Waals surface area (Å²) in [5.41, 5.74) is 1.18. The molecule has 8 nitrogen and oxygen atoms in total. The SMILES string of the molecule is O=C(Nc1cccc(S(=O)(=O)NCc2ccco2)c1)c1cc(-c2ccccc2)on1. The molecule has 1 amide bonds. The molecule has 9 heteroatoms. The summed E-state index contributed by atoms with van der Waals surface area (Å²) < 4.78 is 37.8. The molecule has 0 aliphatic heterocycles. The number of amides is 1. The first-order valence-corrected chi connectivity index (χ1v) is 10.5. The van der Waals surface area contributed by atoms with E-state index in [1.165, 1.54) is 30.5 Å². The highest BCUT2D eigenvalue weighted by molar-refractivity contribution is 7.89. The lowest BCUT2D eigenvalue weighted by Gasteiger charge is -2.08. The van der Waals surface area contributed by atoms with Crippen LogP contribution in [0.2, 0.25) is 0 Å². The number of sulfonamides is 1. The summed E-state index contributed by atoms with van der Waals surface area (Å²) in [4.78, 5) is 12.5. The molecule has 0 saturated heterocycles. The predicted octanol–water partition coefficient (Wildman–Crippen LogP) is 3.67. The van der Waals surface area contributed by atoms with Gasteiger partial charge in [0.25, 0.3) is 5.91 Å². The van der Waals surface area contributed by atoms with Gasteiger partial charge in [-0.2, -0.15) is 0 Å². The predicted molar refractivity (Wildman–Crippen MR) is 109 cm³/mol. The zero-order valence-corrected chi connectivity index (χ0v) is 16.4. The molecule has 0 bridgehead atoms. The molecule has 0 aliphatic carbocycles. The quantitative estimate of drug-likeness (QED) is 0.469. The van der Waals surface area contributed by atoms with Crippen molar-refractivity contribution in [2.75, 3.05) is 5.32 Å². The van der Waals surface area contributed by atoms with Gasteiger partial charge in [-0.3, -0.25) is 4.79 Å². The molecule has 4 rings (SSSR count). The highest BCUT2D eigenvalue weighted by Crippen LogP contribution is 2.21. The number of benzene rings is 2. The minimum absolute atomic E-state index is 0.0111. The first kappa shape index (κ1) is 19.6. The van der Waals surface area contributed by atoms with E-state index < -0.39 is 15.9 Å². The van der Waals surface area contributed by atoms with Crippen LogP contribution in [-0.2, 0) is 16.6 Å². The number of nitrogens with one attached hydrogen (secondary N) is 2. The lowest BCUT2D eigenvalue weighted by Crippen LogP contribution is -2.23. The summed E-state index contributed by atoms with van der Waals surface area (Å²) in [6.07, 6.45) is 1.47. The fraction of sp³-hybridized carbons (Fsp3) is 0.0476. The summed E-state index contributed by atoms with van der Waals surface area (Å²) >= 11 is 0. The van der Waals surface area contributed by atoms with Gasteiger partial charge in [0.1, 0.15) is 5.76 Å². The topological polar surface area (TPSA) is 114 Å². The maximum atomic E-state index is 12.5. The van der Waals surface area contributed by atoms with Gasteiger partial charge in [0.05, 0.1) is 17.7 Å². The number of aromatic nitrogens is 1. The number of hydrogen-bond acceptors (Lipinski definition) is 6. The Morgan fingerprint density at radius 3 is 2.57 bits per heavy atom. The first-order chi connectivity index (χ1) is 14.5. The van der Waals surface area contributed by atoms with Gasteiger partial charge in [0.2, 0.25) is 10.0 Å². The average Bonchev–Trinajstić information content (AvgIpc) is 3.45. The van der Waals surface area contributed by atoms with E-state index in [1.54, 1.807) is 18.2 Å². The molecule has 2 aromatic heterocycles. The molecule has 2 aromatic carbocycles. The van der Waals surface area contributed by atoms with Crippen molar-refractivity contribution in [1.82, 2.24) is 9.88 Å². The van der Waals surface area contributed by atoms with E-state index in [2.05, 4.69) is 15.2 Å². The Hall–Kier alpha value is -3.69.